The third-order valence-corrected chi connectivity index (χ3v) is 3.94. The van der Waals surface area contributed by atoms with Gasteiger partial charge in [-0.2, -0.15) is 0 Å². The van der Waals surface area contributed by atoms with Crippen LogP contribution in [0.4, 0.5) is 5.82 Å². The number of fused-ring (bicyclic) bond motifs is 1. The van der Waals surface area contributed by atoms with Gasteiger partial charge in [-0.25, -0.2) is 4.98 Å². The first-order valence-electron chi connectivity index (χ1n) is 7.49. The Labute approximate surface area is 140 Å². The molecule has 0 unspecified atom stereocenters. The Morgan fingerprint density at radius 3 is 2.46 bits per heavy atom. The molecular weight excluding hydrogens is 306 g/mol. The first-order valence-corrected chi connectivity index (χ1v) is 7.49. The molecule has 3 aromatic rings. The highest BCUT2D eigenvalue weighted by Crippen LogP contribution is 2.35. The Balaban J connectivity index is 2.04. The predicted molar refractivity (Wildman–Crippen MR) is 93.0 cm³/mol. The van der Waals surface area contributed by atoms with Crippen molar-refractivity contribution in [2.45, 2.75) is 6.92 Å². The maximum Gasteiger partial charge on any atom is 0.273 e. The number of ether oxygens (including phenoxy) is 2. The summed E-state index contributed by atoms with van der Waals surface area (Å²) in [7, 11) is 5.02. The molecule has 0 saturated carbocycles. The lowest BCUT2D eigenvalue weighted by atomic mass is 10.2. The Hall–Kier alpha value is -3.02. The number of carbonyl (C=O) groups is 1. The van der Waals surface area contributed by atoms with Gasteiger partial charge in [0.25, 0.3) is 5.91 Å². The number of pyridine rings is 1. The van der Waals surface area contributed by atoms with E-state index in [-0.39, 0.29) is 5.91 Å². The molecule has 2 heterocycles. The van der Waals surface area contributed by atoms with E-state index in [4.69, 9.17) is 9.47 Å². The summed E-state index contributed by atoms with van der Waals surface area (Å²) in [5.74, 6) is 1.64. The van der Waals surface area contributed by atoms with Crippen molar-refractivity contribution >= 4 is 22.6 Å². The SMILES string of the molecule is COc1ccc(OC)c2c1cc(C(=O)Nc1ccc(C)cn1)n2C. The van der Waals surface area contributed by atoms with Crippen molar-refractivity contribution in [2.75, 3.05) is 19.5 Å². The molecule has 6 heteroatoms. The van der Waals surface area contributed by atoms with Crippen molar-refractivity contribution in [1.29, 1.82) is 0 Å². The number of nitrogens with one attached hydrogen (secondary N) is 1. The van der Waals surface area contributed by atoms with Crippen LogP contribution in [0.3, 0.4) is 0 Å². The van der Waals surface area contributed by atoms with Crippen molar-refractivity contribution in [3.63, 3.8) is 0 Å². The number of methoxy groups -OCH3 is 2. The van der Waals surface area contributed by atoms with Crippen LogP contribution in [0, 0.1) is 6.92 Å². The van der Waals surface area contributed by atoms with Crippen LogP contribution < -0.4 is 14.8 Å². The standard InChI is InChI=1S/C18H19N3O3/c1-11-5-8-16(19-10-11)20-18(22)13-9-12-14(23-3)6-7-15(24-4)17(12)21(13)2/h5-10H,1-4H3,(H,19,20,22). The molecule has 24 heavy (non-hydrogen) atoms. The molecule has 2 aromatic heterocycles. The summed E-state index contributed by atoms with van der Waals surface area (Å²) >= 11 is 0. The van der Waals surface area contributed by atoms with Gasteiger partial charge in [-0.1, -0.05) is 6.07 Å². The minimum Gasteiger partial charge on any atom is -0.496 e. The summed E-state index contributed by atoms with van der Waals surface area (Å²) in [5.41, 5.74) is 2.33. The Morgan fingerprint density at radius 1 is 1.12 bits per heavy atom. The summed E-state index contributed by atoms with van der Waals surface area (Å²) < 4.78 is 12.6. The molecule has 0 atom stereocenters. The van der Waals surface area contributed by atoms with Gasteiger partial charge in [0.15, 0.2) is 0 Å². The average Bonchev–Trinajstić information content (AvgIpc) is 2.94. The van der Waals surface area contributed by atoms with E-state index in [2.05, 4.69) is 10.3 Å². The fraction of sp³-hybridized carbons (Fsp3) is 0.222. The smallest absolute Gasteiger partial charge is 0.273 e. The van der Waals surface area contributed by atoms with Crippen LogP contribution in [-0.2, 0) is 7.05 Å². The Bertz CT molecular complexity index is 898. The van der Waals surface area contributed by atoms with Crippen LogP contribution in [0.2, 0.25) is 0 Å². The van der Waals surface area contributed by atoms with E-state index < -0.39 is 0 Å². The van der Waals surface area contributed by atoms with Crippen LogP contribution in [0.1, 0.15) is 16.1 Å². The normalized spacial score (nSPS) is 10.7. The van der Waals surface area contributed by atoms with Gasteiger partial charge in [0.2, 0.25) is 0 Å². The summed E-state index contributed by atoms with van der Waals surface area (Å²) in [6.07, 6.45) is 1.71. The van der Waals surface area contributed by atoms with Gasteiger partial charge in [-0.05, 0) is 36.8 Å². The van der Waals surface area contributed by atoms with Gasteiger partial charge < -0.3 is 19.4 Å². The molecule has 0 aliphatic rings. The number of aryl methyl sites for hydroxylation is 2. The van der Waals surface area contributed by atoms with Crippen LogP contribution >= 0.6 is 0 Å². The monoisotopic (exact) mass is 325 g/mol. The second kappa shape index (κ2) is 6.23. The number of hydrogen-bond donors (Lipinski definition) is 1. The maximum absolute atomic E-state index is 12.6. The van der Waals surface area contributed by atoms with E-state index in [1.54, 1.807) is 37.1 Å². The zero-order chi connectivity index (χ0) is 17.3. The molecular formula is C18H19N3O3. The average molecular weight is 325 g/mol. The second-order valence-electron chi connectivity index (χ2n) is 5.50. The van der Waals surface area contributed by atoms with E-state index in [0.717, 1.165) is 16.5 Å². The van der Waals surface area contributed by atoms with Gasteiger partial charge in [0.05, 0.1) is 19.7 Å². The van der Waals surface area contributed by atoms with Crippen molar-refractivity contribution in [3.8, 4) is 11.5 Å². The Kier molecular flexibility index (Phi) is 4.12. The van der Waals surface area contributed by atoms with Gasteiger partial charge in [0, 0.05) is 18.6 Å². The van der Waals surface area contributed by atoms with Crippen LogP contribution in [0.15, 0.2) is 36.5 Å². The molecule has 0 fully saturated rings. The molecule has 0 spiro atoms. The van der Waals surface area contributed by atoms with Crippen LogP contribution in [0.5, 0.6) is 11.5 Å². The number of benzene rings is 1. The van der Waals surface area contributed by atoms with Gasteiger partial charge >= 0.3 is 0 Å². The van der Waals surface area contributed by atoms with Crippen molar-refractivity contribution < 1.29 is 14.3 Å². The lowest BCUT2D eigenvalue weighted by molar-refractivity contribution is 0.101. The number of nitrogens with zero attached hydrogens (tertiary/aromatic N) is 2. The number of aromatic nitrogens is 2. The second-order valence-corrected chi connectivity index (χ2v) is 5.50. The van der Waals surface area contributed by atoms with Crippen LogP contribution in [0.25, 0.3) is 10.9 Å². The highest BCUT2D eigenvalue weighted by Gasteiger charge is 2.19. The molecule has 124 valence electrons. The molecule has 1 N–H and O–H groups in total. The number of amides is 1. The third kappa shape index (κ3) is 2.67. The lowest BCUT2D eigenvalue weighted by Crippen LogP contribution is -2.16. The van der Waals surface area contributed by atoms with E-state index in [0.29, 0.717) is 23.0 Å². The zero-order valence-electron chi connectivity index (χ0n) is 14.1. The molecule has 1 aromatic carbocycles. The van der Waals surface area contributed by atoms with Crippen LogP contribution in [-0.4, -0.2) is 29.7 Å². The molecule has 0 aliphatic carbocycles. The number of rotatable bonds is 4. The van der Waals surface area contributed by atoms with E-state index in [1.807, 2.05) is 32.2 Å². The topological polar surface area (TPSA) is 65.4 Å². The summed E-state index contributed by atoms with van der Waals surface area (Å²) in [6.45, 7) is 1.95. The highest BCUT2D eigenvalue weighted by atomic mass is 16.5. The molecule has 1 amide bonds. The van der Waals surface area contributed by atoms with Crippen molar-refractivity contribution in [1.82, 2.24) is 9.55 Å². The van der Waals surface area contributed by atoms with Crippen molar-refractivity contribution in [2.24, 2.45) is 7.05 Å². The van der Waals surface area contributed by atoms with Gasteiger partial charge in [-0.15, -0.1) is 0 Å². The number of hydrogen-bond acceptors (Lipinski definition) is 4. The molecule has 0 saturated heterocycles. The fourth-order valence-electron chi connectivity index (χ4n) is 2.69. The summed E-state index contributed by atoms with van der Waals surface area (Å²) in [6, 6.07) is 9.11. The molecule has 0 bridgehead atoms. The lowest BCUT2D eigenvalue weighted by Gasteiger charge is -2.09. The minimum absolute atomic E-state index is 0.242. The Morgan fingerprint density at radius 2 is 1.83 bits per heavy atom. The summed E-state index contributed by atoms with van der Waals surface area (Å²) in [5, 5.41) is 3.63. The molecule has 0 radical (unpaired) electrons. The van der Waals surface area contributed by atoms with Gasteiger partial charge in [0.1, 0.15) is 23.0 Å². The number of carbonyl (C=O) groups excluding carboxylic acids is 1. The molecule has 3 rings (SSSR count). The van der Waals surface area contributed by atoms with E-state index >= 15 is 0 Å². The molecule has 6 nitrogen and oxygen atoms in total. The first kappa shape index (κ1) is 15.9. The van der Waals surface area contributed by atoms with E-state index in [1.165, 1.54) is 0 Å². The fourth-order valence-corrected chi connectivity index (χ4v) is 2.69. The minimum atomic E-state index is -0.242. The quantitative estimate of drug-likeness (QED) is 0.800. The van der Waals surface area contributed by atoms with Gasteiger partial charge in [-0.3, -0.25) is 4.79 Å². The zero-order valence-corrected chi connectivity index (χ0v) is 14.1. The first-order chi connectivity index (χ1) is 11.5. The predicted octanol–water partition coefficient (Wildman–Crippen LogP) is 3.15. The largest absolute Gasteiger partial charge is 0.496 e. The van der Waals surface area contributed by atoms with Crippen molar-refractivity contribution in [3.05, 3.63) is 47.8 Å². The highest BCUT2D eigenvalue weighted by molar-refractivity contribution is 6.07. The number of anilines is 1. The maximum atomic E-state index is 12.6. The van der Waals surface area contributed by atoms with E-state index in [9.17, 15) is 4.79 Å². The summed E-state index contributed by atoms with van der Waals surface area (Å²) in [4.78, 5) is 16.8. The third-order valence-electron chi connectivity index (χ3n) is 3.94. The molecule has 0 aliphatic heterocycles.